The van der Waals surface area contributed by atoms with Gasteiger partial charge in [0.2, 0.25) is 0 Å². The number of nitrogens with zero attached hydrogens (tertiary/aromatic N) is 1. The van der Waals surface area contributed by atoms with Crippen molar-refractivity contribution in [2.75, 3.05) is 4.90 Å². The van der Waals surface area contributed by atoms with Gasteiger partial charge in [0.1, 0.15) is 17.0 Å². The molecule has 0 bridgehead atoms. The van der Waals surface area contributed by atoms with Crippen LogP contribution in [0.2, 0.25) is 0 Å². The van der Waals surface area contributed by atoms with Crippen LogP contribution in [0.3, 0.4) is 0 Å². The number of rotatable bonds is 1. The van der Waals surface area contributed by atoms with E-state index in [-0.39, 0.29) is 10.2 Å². The first-order chi connectivity index (χ1) is 10.3. The van der Waals surface area contributed by atoms with Gasteiger partial charge in [-0.05, 0) is 75.7 Å². The van der Waals surface area contributed by atoms with Crippen molar-refractivity contribution in [2.45, 2.75) is 52.7 Å². The Hall–Kier alpha value is -1.63. The van der Waals surface area contributed by atoms with Gasteiger partial charge in [0, 0.05) is 4.47 Å². The van der Waals surface area contributed by atoms with Gasteiger partial charge in [-0.25, -0.2) is 14.0 Å². The van der Waals surface area contributed by atoms with E-state index in [1.165, 1.54) is 6.07 Å². The normalized spacial score (nSPS) is 11.8. The molecule has 0 radical (unpaired) electrons. The number of amides is 2. The highest BCUT2D eigenvalue weighted by atomic mass is 79.9. The minimum absolute atomic E-state index is 0.134. The molecular weight excluding hydrogens is 369 g/mol. The molecule has 0 aliphatic heterocycles. The minimum Gasteiger partial charge on any atom is -0.443 e. The molecule has 1 aromatic carbocycles. The molecule has 0 N–H and O–H groups in total. The fourth-order valence-electron chi connectivity index (χ4n) is 1.55. The van der Waals surface area contributed by atoms with Gasteiger partial charge in [0.15, 0.2) is 0 Å². The number of imide groups is 1. The van der Waals surface area contributed by atoms with E-state index < -0.39 is 29.2 Å². The molecule has 0 saturated heterocycles. The summed E-state index contributed by atoms with van der Waals surface area (Å²) in [5.41, 5.74) is -1.47. The summed E-state index contributed by atoms with van der Waals surface area (Å²) in [6.45, 7) is 10.1. The molecule has 0 aromatic heterocycles. The highest BCUT2D eigenvalue weighted by molar-refractivity contribution is 9.10. The highest BCUT2D eigenvalue weighted by Gasteiger charge is 2.33. The molecule has 0 unspecified atom stereocenters. The summed E-state index contributed by atoms with van der Waals surface area (Å²) in [6, 6.07) is 3.59. The Morgan fingerprint density at radius 3 is 1.78 bits per heavy atom. The Morgan fingerprint density at radius 2 is 1.43 bits per heavy atom. The van der Waals surface area contributed by atoms with Crippen molar-refractivity contribution in [3.05, 3.63) is 28.5 Å². The lowest BCUT2D eigenvalue weighted by molar-refractivity contribution is 0.0430. The van der Waals surface area contributed by atoms with E-state index in [9.17, 15) is 14.0 Å². The van der Waals surface area contributed by atoms with Crippen molar-refractivity contribution >= 4 is 33.8 Å². The molecule has 0 heterocycles. The van der Waals surface area contributed by atoms with Gasteiger partial charge >= 0.3 is 12.2 Å². The van der Waals surface area contributed by atoms with Crippen molar-refractivity contribution in [1.82, 2.24) is 0 Å². The smallest absolute Gasteiger partial charge is 0.424 e. The summed E-state index contributed by atoms with van der Waals surface area (Å²) in [4.78, 5) is 25.6. The molecule has 1 aromatic rings. The molecule has 0 aliphatic rings. The van der Waals surface area contributed by atoms with Crippen LogP contribution in [0.5, 0.6) is 0 Å². The van der Waals surface area contributed by atoms with Crippen molar-refractivity contribution in [1.29, 1.82) is 0 Å². The van der Waals surface area contributed by atoms with Crippen LogP contribution in [-0.2, 0) is 9.47 Å². The van der Waals surface area contributed by atoms with Crippen LogP contribution in [0.1, 0.15) is 41.5 Å². The fourth-order valence-corrected chi connectivity index (χ4v) is 2.08. The quantitative estimate of drug-likeness (QED) is 0.656. The monoisotopic (exact) mass is 389 g/mol. The third-order valence-corrected chi connectivity index (χ3v) is 2.94. The Bertz CT molecular complexity index is 577. The second kappa shape index (κ2) is 6.86. The highest BCUT2D eigenvalue weighted by Crippen LogP contribution is 2.30. The molecule has 23 heavy (non-hydrogen) atoms. The molecule has 2 amide bonds. The van der Waals surface area contributed by atoms with Crippen molar-refractivity contribution in [3.63, 3.8) is 0 Å². The van der Waals surface area contributed by atoms with Crippen LogP contribution >= 0.6 is 15.9 Å². The van der Waals surface area contributed by atoms with Gasteiger partial charge in [-0.15, -0.1) is 0 Å². The third kappa shape index (κ3) is 6.17. The third-order valence-electron chi connectivity index (χ3n) is 2.30. The number of hydrogen-bond acceptors (Lipinski definition) is 4. The summed E-state index contributed by atoms with van der Waals surface area (Å²) in [5.74, 6) is -0.506. The summed E-state index contributed by atoms with van der Waals surface area (Å²) >= 11 is 3.15. The van der Waals surface area contributed by atoms with Gasteiger partial charge < -0.3 is 9.47 Å². The molecule has 0 saturated carbocycles. The summed E-state index contributed by atoms with van der Waals surface area (Å²) in [7, 11) is 0. The Balaban J connectivity index is 3.25. The molecule has 0 atom stereocenters. The molecule has 128 valence electrons. The van der Waals surface area contributed by atoms with E-state index in [1.807, 2.05) is 0 Å². The molecule has 0 spiro atoms. The van der Waals surface area contributed by atoms with Crippen molar-refractivity contribution in [2.24, 2.45) is 0 Å². The maximum Gasteiger partial charge on any atom is 0.424 e. The number of anilines is 1. The Kier molecular flexibility index (Phi) is 5.79. The van der Waals surface area contributed by atoms with E-state index in [4.69, 9.17) is 9.47 Å². The SMILES string of the molecule is CC(C)(C)OC(=O)N(C(=O)OC(C)(C)C)c1ccc(F)cc1Br. The van der Waals surface area contributed by atoms with E-state index in [2.05, 4.69) is 15.9 Å². The van der Waals surface area contributed by atoms with Gasteiger partial charge in [-0.1, -0.05) is 0 Å². The first-order valence-corrected chi connectivity index (χ1v) is 7.80. The molecule has 7 heteroatoms. The molecular formula is C16H21BrFNO4. The Labute approximate surface area is 143 Å². The van der Waals surface area contributed by atoms with Gasteiger partial charge in [-0.3, -0.25) is 0 Å². The number of benzene rings is 1. The molecule has 1 rings (SSSR count). The topological polar surface area (TPSA) is 55.8 Å². The van der Waals surface area contributed by atoms with Gasteiger partial charge in [-0.2, -0.15) is 4.90 Å². The Morgan fingerprint density at radius 1 is 1.00 bits per heavy atom. The summed E-state index contributed by atoms with van der Waals surface area (Å²) in [6.07, 6.45) is -1.81. The lowest BCUT2D eigenvalue weighted by atomic mass is 10.2. The van der Waals surface area contributed by atoms with E-state index in [1.54, 1.807) is 41.5 Å². The van der Waals surface area contributed by atoms with Crippen LogP contribution in [0.4, 0.5) is 19.7 Å². The number of hydrogen-bond donors (Lipinski definition) is 0. The molecule has 5 nitrogen and oxygen atoms in total. The lowest BCUT2D eigenvalue weighted by Gasteiger charge is -2.29. The zero-order chi connectivity index (χ0) is 18.0. The lowest BCUT2D eigenvalue weighted by Crippen LogP contribution is -2.44. The maximum atomic E-state index is 13.3. The number of ether oxygens (including phenoxy) is 2. The van der Waals surface area contributed by atoms with Crippen molar-refractivity contribution in [3.8, 4) is 0 Å². The van der Waals surface area contributed by atoms with Gasteiger partial charge in [0.25, 0.3) is 0 Å². The van der Waals surface area contributed by atoms with Crippen LogP contribution in [0, 0.1) is 5.82 Å². The maximum absolute atomic E-state index is 13.3. The van der Waals surface area contributed by atoms with Gasteiger partial charge in [0.05, 0.1) is 5.69 Å². The average molecular weight is 390 g/mol. The van der Waals surface area contributed by atoms with E-state index >= 15 is 0 Å². The minimum atomic E-state index is -0.904. The van der Waals surface area contributed by atoms with E-state index in [0.29, 0.717) is 0 Å². The standard InChI is InChI=1S/C16H21BrFNO4/c1-15(2,3)22-13(20)19(14(21)23-16(4,5)6)12-8-7-10(18)9-11(12)17/h7-9H,1-6H3. The number of carbonyl (C=O) groups excluding carboxylic acids is 2. The summed E-state index contributed by atoms with van der Waals surface area (Å²) < 4.78 is 24.0. The van der Waals surface area contributed by atoms with E-state index in [0.717, 1.165) is 17.0 Å². The second-order valence-electron chi connectivity index (χ2n) is 6.89. The zero-order valence-electron chi connectivity index (χ0n) is 14.1. The first kappa shape index (κ1) is 19.4. The van der Waals surface area contributed by atoms with Crippen LogP contribution in [0.25, 0.3) is 0 Å². The predicted molar refractivity (Wildman–Crippen MR) is 89.0 cm³/mol. The zero-order valence-corrected chi connectivity index (χ0v) is 15.7. The summed E-state index contributed by atoms with van der Waals surface area (Å²) in [5, 5.41) is 0. The average Bonchev–Trinajstić information content (AvgIpc) is 2.27. The van der Waals surface area contributed by atoms with Crippen LogP contribution < -0.4 is 4.90 Å². The predicted octanol–water partition coefficient (Wildman–Crippen LogP) is 5.26. The van der Waals surface area contributed by atoms with Crippen molar-refractivity contribution < 1.29 is 23.5 Å². The molecule has 0 aliphatic carbocycles. The second-order valence-corrected chi connectivity index (χ2v) is 7.75. The largest absolute Gasteiger partial charge is 0.443 e. The fraction of sp³-hybridized carbons (Fsp3) is 0.500. The number of halogens is 2. The number of carbonyl (C=O) groups is 2. The first-order valence-electron chi connectivity index (χ1n) is 7.01. The molecule has 0 fully saturated rings. The van der Waals surface area contributed by atoms with Crippen LogP contribution in [0.15, 0.2) is 22.7 Å². The van der Waals surface area contributed by atoms with Crippen LogP contribution in [-0.4, -0.2) is 23.4 Å².